The third kappa shape index (κ3) is 33.2. The minimum Gasteiger partial charge on any atom is -0.463 e. The predicted molar refractivity (Wildman–Crippen MR) is 174 cm³/mol. The predicted octanol–water partition coefficient (Wildman–Crippen LogP) is 8.09. The zero-order valence-corrected chi connectivity index (χ0v) is 28.0. The molecule has 0 aliphatic carbocycles. The number of nitrogens with one attached hydrogen (secondary N) is 1. The van der Waals surface area contributed by atoms with E-state index in [-0.39, 0.29) is 25.7 Å². The van der Waals surface area contributed by atoms with E-state index in [2.05, 4.69) is 45.8 Å². The van der Waals surface area contributed by atoms with Gasteiger partial charge in [-0.05, 0) is 38.5 Å². The van der Waals surface area contributed by atoms with Crippen LogP contribution in [0, 0.1) is 0 Å². The summed E-state index contributed by atoms with van der Waals surface area (Å²) in [5, 5.41) is 12.2. The molecule has 0 aliphatic heterocycles. The highest BCUT2D eigenvalue weighted by atomic mass is 31.2. The van der Waals surface area contributed by atoms with E-state index in [4.69, 9.17) is 4.52 Å². The Morgan fingerprint density at radius 3 is 1.79 bits per heavy atom. The van der Waals surface area contributed by atoms with Gasteiger partial charge in [0.25, 0.3) is 0 Å². The lowest BCUT2D eigenvalue weighted by Gasteiger charge is -2.15. The fourth-order valence-electron chi connectivity index (χ4n) is 4.43. The average molecular weight is 632 g/mol. The van der Waals surface area contributed by atoms with Gasteiger partial charge in [-0.2, -0.15) is 0 Å². The van der Waals surface area contributed by atoms with E-state index < -0.39 is 26.5 Å². The number of hydrogen-bond donors (Lipinski definition) is 3. The van der Waals surface area contributed by atoms with Crippen LogP contribution in [0.5, 0.6) is 0 Å². The standard InChI is InChI=1S/C33H62NO8P/c1-3-4-5-6-7-8-9-10-11-12-13-14-15-16-17-18-19-20-21-22-23-24-25-26-33(37)34-27-28-41-43(38,39)42-30-32(36)29-40-31(2)35/h7-8,10-11,32,36H,3-6,9,12-30H2,1-2H3,(H,34,37)(H,38,39)/b8-7-,11-10-. The first-order chi connectivity index (χ1) is 20.8. The van der Waals surface area contributed by atoms with Crippen LogP contribution in [0.1, 0.15) is 142 Å². The molecule has 9 nitrogen and oxygen atoms in total. The summed E-state index contributed by atoms with van der Waals surface area (Å²) in [4.78, 5) is 32.2. The van der Waals surface area contributed by atoms with Gasteiger partial charge < -0.3 is 20.1 Å². The lowest BCUT2D eigenvalue weighted by atomic mass is 10.0. The number of phosphoric ester groups is 1. The first-order valence-electron chi connectivity index (χ1n) is 16.8. The first kappa shape index (κ1) is 41.5. The molecule has 10 heteroatoms. The van der Waals surface area contributed by atoms with E-state index >= 15 is 0 Å². The van der Waals surface area contributed by atoms with E-state index in [1.54, 1.807) is 0 Å². The fraction of sp³-hybridized carbons (Fsp3) is 0.818. The molecule has 3 N–H and O–H groups in total. The van der Waals surface area contributed by atoms with Crippen LogP contribution in [0.2, 0.25) is 0 Å². The molecule has 0 saturated carbocycles. The Labute approximate surface area is 261 Å². The van der Waals surface area contributed by atoms with Crippen LogP contribution in [0.4, 0.5) is 0 Å². The Hall–Kier alpha value is -1.51. The molecule has 0 saturated heterocycles. The van der Waals surface area contributed by atoms with Crippen molar-refractivity contribution >= 4 is 19.7 Å². The zero-order chi connectivity index (χ0) is 31.9. The minimum absolute atomic E-state index is 0.0808. The van der Waals surface area contributed by atoms with E-state index in [1.165, 1.54) is 103 Å². The third-order valence-corrected chi connectivity index (χ3v) is 7.93. The van der Waals surface area contributed by atoms with Crippen molar-refractivity contribution in [1.82, 2.24) is 5.32 Å². The topological polar surface area (TPSA) is 131 Å². The first-order valence-corrected chi connectivity index (χ1v) is 18.3. The maximum atomic E-state index is 11.9. The molecule has 0 bridgehead atoms. The van der Waals surface area contributed by atoms with Gasteiger partial charge in [-0.25, -0.2) is 4.57 Å². The quantitative estimate of drug-likeness (QED) is 0.0303. The largest absolute Gasteiger partial charge is 0.472 e. The van der Waals surface area contributed by atoms with Gasteiger partial charge in [-0.3, -0.25) is 18.6 Å². The highest BCUT2D eigenvalue weighted by Gasteiger charge is 2.23. The Balaban J connectivity index is 3.41. The summed E-state index contributed by atoms with van der Waals surface area (Å²) >= 11 is 0. The fourth-order valence-corrected chi connectivity index (χ4v) is 5.19. The van der Waals surface area contributed by atoms with Crippen molar-refractivity contribution in [1.29, 1.82) is 0 Å². The molecule has 0 rings (SSSR count). The molecule has 0 aromatic heterocycles. The van der Waals surface area contributed by atoms with Gasteiger partial charge in [-0.1, -0.05) is 115 Å². The molecular formula is C33H62NO8P. The summed E-state index contributed by atoms with van der Waals surface area (Å²) in [7, 11) is -4.37. The van der Waals surface area contributed by atoms with Crippen molar-refractivity contribution < 1.29 is 37.9 Å². The van der Waals surface area contributed by atoms with E-state index in [0.717, 1.165) is 25.7 Å². The number of unbranched alkanes of at least 4 members (excludes halogenated alkanes) is 16. The van der Waals surface area contributed by atoms with Gasteiger partial charge in [0.05, 0.1) is 13.2 Å². The maximum Gasteiger partial charge on any atom is 0.472 e. The number of rotatable bonds is 31. The van der Waals surface area contributed by atoms with Gasteiger partial charge in [0.1, 0.15) is 12.7 Å². The second-order valence-electron chi connectivity index (χ2n) is 11.2. The van der Waals surface area contributed by atoms with Crippen LogP contribution in [-0.4, -0.2) is 54.3 Å². The molecule has 0 heterocycles. The number of carbonyl (C=O) groups is 2. The van der Waals surface area contributed by atoms with Crippen molar-refractivity contribution in [2.75, 3.05) is 26.4 Å². The summed E-state index contributed by atoms with van der Waals surface area (Å²) in [5.41, 5.74) is 0. The van der Waals surface area contributed by atoms with Crippen LogP contribution in [0.15, 0.2) is 24.3 Å². The van der Waals surface area contributed by atoms with Crippen LogP contribution < -0.4 is 5.32 Å². The van der Waals surface area contributed by atoms with Crippen molar-refractivity contribution in [2.45, 2.75) is 148 Å². The van der Waals surface area contributed by atoms with E-state index in [0.29, 0.717) is 6.42 Å². The molecule has 0 radical (unpaired) electrons. The van der Waals surface area contributed by atoms with Crippen molar-refractivity contribution in [2.24, 2.45) is 0 Å². The SMILES string of the molecule is CCCCC/C=C\C/C=C\CCCCCCCCCCCCCCCC(=O)NCCOP(=O)(O)OCC(O)COC(C)=O. The normalized spacial score (nSPS) is 13.9. The number of aliphatic hydroxyl groups excluding tert-OH is 1. The molecule has 2 atom stereocenters. The summed E-state index contributed by atoms with van der Waals surface area (Å²) < 4.78 is 25.7. The van der Waals surface area contributed by atoms with Crippen LogP contribution in [-0.2, 0) is 27.9 Å². The zero-order valence-electron chi connectivity index (χ0n) is 27.1. The van der Waals surface area contributed by atoms with Gasteiger partial charge in [0.15, 0.2) is 0 Å². The Morgan fingerprint density at radius 2 is 1.26 bits per heavy atom. The van der Waals surface area contributed by atoms with Crippen LogP contribution in [0.3, 0.4) is 0 Å². The van der Waals surface area contributed by atoms with E-state index in [9.17, 15) is 24.2 Å². The highest BCUT2D eigenvalue weighted by molar-refractivity contribution is 7.47. The molecule has 1 amide bonds. The third-order valence-electron chi connectivity index (χ3n) is 6.94. The Morgan fingerprint density at radius 1 is 0.744 bits per heavy atom. The van der Waals surface area contributed by atoms with Crippen LogP contribution in [0.25, 0.3) is 0 Å². The Bertz CT molecular complexity index is 774. The number of aliphatic hydroxyl groups is 1. The lowest BCUT2D eigenvalue weighted by Crippen LogP contribution is -2.27. The minimum atomic E-state index is -4.37. The molecule has 0 aliphatic rings. The van der Waals surface area contributed by atoms with Crippen molar-refractivity contribution in [3.63, 3.8) is 0 Å². The summed E-state index contributed by atoms with van der Waals surface area (Å²) in [6, 6.07) is 0. The number of carbonyl (C=O) groups excluding carboxylic acids is 2. The molecule has 0 spiro atoms. The molecule has 2 unspecified atom stereocenters. The number of allylic oxidation sites excluding steroid dienone is 4. The smallest absolute Gasteiger partial charge is 0.463 e. The van der Waals surface area contributed by atoms with Crippen molar-refractivity contribution in [3.05, 3.63) is 24.3 Å². The van der Waals surface area contributed by atoms with E-state index in [1.807, 2.05) is 0 Å². The second-order valence-corrected chi connectivity index (χ2v) is 12.7. The maximum absolute atomic E-state index is 11.9. The second kappa shape index (κ2) is 30.5. The van der Waals surface area contributed by atoms with Gasteiger partial charge in [0.2, 0.25) is 5.91 Å². The van der Waals surface area contributed by atoms with Gasteiger partial charge in [0, 0.05) is 19.9 Å². The molecular weight excluding hydrogens is 569 g/mol. The van der Waals surface area contributed by atoms with Gasteiger partial charge >= 0.3 is 13.8 Å². The lowest BCUT2D eigenvalue weighted by molar-refractivity contribution is -0.144. The van der Waals surface area contributed by atoms with Crippen LogP contribution >= 0.6 is 7.82 Å². The molecule has 0 aromatic carbocycles. The highest BCUT2D eigenvalue weighted by Crippen LogP contribution is 2.42. The number of ether oxygens (including phenoxy) is 1. The molecule has 252 valence electrons. The summed E-state index contributed by atoms with van der Waals surface area (Å²) in [6.07, 6.45) is 32.0. The number of hydrogen-bond acceptors (Lipinski definition) is 7. The number of esters is 1. The van der Waals surface area contributed by atoms with Gasteiger partial charge in [-0.15, -0.1) is 0 Å². The summed E-state index contributed by atoms with van der Waals surface area (Å²) in [5.74, 6) is -0.696. The molecule has 0 aromatic rings. The Kier molecular flexibility index (Phi) is 29.4. The molecule has 0 fully saturated rings. The number of phosphoric acid groups is 1. The van der Waals surface area contributed by atoms with Crippen molar-refractivity contribution in [3.8, 4) is 0 Å². The monoisotopic (exact) mass is 631 g/mol. The average Bonchev–Trinajstić information content (AvgIpc) is 2.97. The number of amides is 1. The molecule has 43 heavy (non-hydrogen) atoms. The summed E-state index contributed by atoms with van der Waals surface area (Å²) in [6.45, 7) is 2.44.